The molecule has 0 bridgehead atoms. The van der Waals surface area contributed by atoms with Gasteiger partial charge < -0.3 is 9.13 Å². The molecule has 1 aliphatic heterocycles. The number of hydrogen-bond donors (Lipinski definition) is 0. The maximum Gasteiger partial charge on any atom is 0.152 e. The van der Waals surface area contributed by atoms with Crippen molar-refractivity contribution in [1.29, 1.82) is 0 Å². The fourth-order valence-corrected chi connectivity index (χ4v) is 3.89. The van der Waals surface area contributed by atoms with Crippen molar-refractivity contribution >= 4 is 11.6 Å². The number of hydrogen-bond acceptors (Lipinski definition) is 4. The van der Waals surface area contributed by atoms with Crippen LogP contribution in [0.3, 0.4) is 0 Å². The Morgan fingerprint density at radius 2 is 2.08 bits per heavy atom. The van der Waals surface area contributed by atoms with Crippen LogP contribution < -0.4 is 0 Å². The molecular formula is C19H23ClN6. The Morgan fingerprint density at radius 3 is 2.88 bits per heavy atom. The molecule has 3 heterocycles. The van der Waals surface area contributed by atoms with E-state index in [-0.39, 0.29) is 0 Å². The summed E-state index contributed by atoms with van der Waals surface area (Å²) in [6.45, 7) is 3.67. The molecule has 0 radical (unpaired) electrons. The van der Waals surface area contributed by atoms with Gasteiger partial charge in [0.25, 0.3) is 0 Å². The van der Waals surface area contributed by atoms with E-state index in [1.807, 2.05) is 29.0 Å². The molecule has 7 heteroatoms. The van der Waals surface area contributed by atoms with E-state index in [0.717, 1.165) is 42.7 Å². The summed E-state index contributed by atoms with van der Waals surface area (Å²) in [5.74, 6) is 2.44. The van der Waals surface area contributed by atoms with Gasteiger partial charge in [-0.2, -0.15) is 0 Å². The zero-order chi connectivity index (χ0) is 17.9. The van der Waals surface area contributed by atoms with E-state index in [1.54, 1.807) is 12.5 Å². The molecule has 3 aromatic rings. The van der Waals surface area contributed by atoms with Gasteiger partial charge in [-0.05, 0) is 31.0 Å². The summed E-state index contributed by atoms with van der Waals surface area (Å²) in [6.07, 6.45) is 7.85. The lowest BCUT2D eigenvalue weighted by atomic mass is 9.96. The van der Waals surface area contributed by atoms with Crippen LogP contribution in [0.5, 0.6) is 0 Å². The molecule has 0 N–H and O–H groups in total. The molecule has 1 aromatic carbocycles. The molecule has 0 amide bonds. The minimum Gasteiger partial charge on any atom is -0.330 e. The molecule has 0 aliphatic carbocycles. The van der Waals surface area contributed by atoms with Crippen LogP contribution in [0.4, 0.5) is 0 Å². The highest BCUT2D eigenvalue weighted by atomic mass is 35.5. The molecule has 1 atom stereocenters. The molecule has 26 heavy (non-hydrogen) atoms. The second-order valence-corrected chi connectivity index (χ2v) is 7.34. The number of benzene rings is 1. The van der Waals surface area contributed by atoms with Crippen LogP contribution in [0.15, 0.2) is 43.0 Å². The highest BCUT2D eigenvalue weighted by Gasteiger charge is 2.26. The van der Waals surface area contributed by atoms with Crippen LogP contribution >= 0.6 is 11.6 Å². The second kappa shape index (κ2) is 7.60. The van der Waals surface area contributed by atoms with Gasteiger partial charge in [-0.25, -0.2) is 4.98 Å². The van der Waals surface area contributed by atoms with Crippen molar-refractivity contribution in [3.05, 3.63) is 65.2 Å². The molecule has 1 saturated heterocycles. The SMILES string of the molecule is Cn1c(Cn2ccnc2)nnc1[C@H]1CCCN(Cc2ccccc2Cl)C1. The van der Waals surface area contributed by atoms with Gasteiger partial charge in [-0.15, -0.1) is 10.2 Å². The van der Waals surface area contributed by atoms with Crippen LogP contribution in [0.2, 0.25) is 5.02 Å². The first-order chi connectivity index (χ1) is 12.7. The monoisotopic (exact) mass is 370 g/mol. The molecule has 0 spiro atoms. The first-order valence-corrected chi connectivity index (χ1v) is 9.38. The van der Waals surface area contributed by atoms with Gasteiger partial charge in [0, 0.05) is 43.5 Å². The third-order valence-electron chi connectivity index (χ3n) is 5.10. The molecule has 1 fully saturated rings. The number of rotatable bonds is 5. The third-order valence-corrected chi connectivity index (χ3v) is 5.47. The van der Waals surface area contributed by atoms with Gasteiger partial charge in [0.1, 0.15) is 5.82 Å². The van der Waals surface area contributed by atoms with Crippen molar-refractivity contribution in [3.63, 3.8) is 0 Å². The van der Waals surface area contributed by atoms with E-state index in [0.29, 0.717) is 12.5 Å². The number of piperidine rings is 1. The lowest BCUT2D eigenvalue weighted by Crippen LogP contribution is -2.35. The lowest BCUT2D eigenvalue weighted by Gasteiger charge is -2.32. The van der Waals surface area contributed by atoms with Crippen molar-refractivity contribution < 1.29 is 0 Å². The average molecular weight is 371 g/mol. The van der Waals surface area contributed by atoms with E-state index in [4.69, 9.17) is 11.6 Å². The fourth-order valence-electron chi connectivity index (χ4n) is 3.69. The number of halogens is 1. The smallest absolute Gasteiger partial charge is 0.152 e. The Bertz CT molecular complexity index is 857. The Balaban J connectivity index is 1.46. The van der Waals surface area contributed by atoms with Gasteiger partial charge in [0.05, 0.1) is 12.9 Å². The van der Waals surface area contributed by atoms with Crippen LogP contribution in [0.1, 0.15) is 36.0 Å². The number of aromatic nitrogens is 5. The van der Waals surface area contributed by atoms with E-state index in [1.165, 1.54) is 12.0 Å². The summed E-state index contributed by atoms with van der Waals surface area (Å²) in [7, 11) is 2.06. The largest absolute Gasteiger partial charge is 0.330 e. The van der Waals surface area contributed by atoms with Gasteiger partial charge in [0.15, 0.2) is 5.82 Å². The predicted octanol–water partition coefficient (Wildman–Crippen LogP) is 3.09. The Labute approximate surface area is 158 Å². The molecule has 0 unspecified atom stereocenters. The Morgan fingerprint density at radius 1 is 1.19 bits per heavy atom. The molecular weight excluding hydrogens is 348 g/mol. The summed E-state index contributed by atoms with van der Waals surface area (Å²) in [5.41, 5.74) is 1.19. The van der Waals surface area contributed by atoms with Crippen molar-refractivity contribution in [2.24, 2.45) is 7.05 Å². The third kappa shape index (κ3) is 3.66. The molecule has 6 nitrogen and oxygen atoms in total. The minimum absolute atomic E-state index is 0.403. The summed E-state index contributed by atoms with van der Waals surface area (Å²) in [4.78, 5) is 6.56. The van der Waals surface area contributed by atoms with Gasteiger partial charge in [0.2, 0.25) is 0 Å². The molecule has 1 aliphatic rings. The van der Waals surface area contributed by atoms with Crippen LogP contribution in [0, 0.1) is 0 Å². The maximum absolute atomic E-state index is 6.33. The van der Waals surface area contributed by atoms with Crippen molar-refractivity contribution in [2.45, 2.75) is 31.8 Å². The highest BCUT2D eigenvalue weighted by Crippen LogP contribution is 2.28. The average Bonchev–Trinajstić information content (AvgIpc) is 3.28. The molecule has 4 rings (SSSR count). The summed E-state index contributed by atoms with van der Waals surface area (Å²) >= 11 is 6.33. The van der Waals surface area contributed by atoms with Crippen LogP contribution in [-0.2, 0) is 20.1 Å². The highest BCUT2D eigenvalue weighted by molar-refractivity contribution is 6.31. The number of likely N-dealkylation sites (tertiary alicyclic amines) is 1. The summed E-state index contributed by atoms with van der Waals surface area (Å²) in [5, 5.41) is 9.76. The molecule has 136 valence electrons. The zero-order valence-corrected chi connectivity index (χ0v) is 15.7. The summed E-state index contributed by atoms with van der Waals surface area (Å²) in [6, 6.07) is 8.10. The second-order valence-electron chi connectivity index (χ2n) is 6.93. The van der Waals surface area contributed by atoms with E-state index in [9.17, 15) is 0 Å². The quantitative estimate of drug-likeness (QED) is 0.692. The number of nitrogens with zero attached hydrogens (tertiary/aromatic N) is 6. The predicted molar refractivity (Wildman–Crippen MR) is 101 cm³/mol. The van der Waals surface area contributed by atoms with Crippen molar-refractivity contribution in [2.75, 3.05) is 13.1 Å². The normalized spacial score (nSPS) is 18.3. The fraction of sp³-hybridized carbons (Fsp3) is 0.421. The molecule has 2 aromatic heterocycles. The van der Waals surface area contributed by atoms with Gasteiger partial charge >= 0.3 is 0 Å². The van der Waals surface area contributed by atoms with E-state index >= 15 is 0 Å². The first kappa shape index (κ1) is 17.2. The standard InChI is InChI=1S/C19H23ClN6/c1-24-18(13-26-10-8-21-14-26)22-23-19(24)16-6-4-9-25(12-16)11-15-5-2-3-7-17(15)20/h2-3,5,7-8,10,14,16H,4,6,9,11-13H2,1H3/t16-/m0/s1. The van der Waals surface area contributed by atoms with Crippen LogP contribution in [-0.4, -0.2) is 42.3 Å². The van der Waals surface area contributed by atoms with Gasteiger partial charge in [-0.1, -0.05) is 29.8 Å². The molecule has 0 saturated carbocycles. The van der Waals surface area contributed by atoms with Crippen molar-refractivity contribution in [1.82, 2.24) is 29.2 Å². The minimum atomic E-state index is 0.403. The van der Waals surface area contributed by atoms with Crippen molar-refractivity contribution in [3.8, 4) is 0 Å². The maximum atomic E-state index is 6.33. The Hall–Kier alpha value is -2.18. The van der Waals surface area contributed by atoms with E-state index in [2.05, 4.69) is 37.8 Å². The lowest BCUT2D eigenvalue weighted by molar-refractivity contribution is 0.195. The van der Waals surface area contributed by atoms with Crippen LogP contribution in [0.25, 0.3) is 0 Å². The first-order valence-electron chi connectivity index (χ1n) is 9.00. The zero-order valence-electron chi connectivity index (χ0n) is 14.9. The topological polar surface area (TPSA) is 51.8 Å². The van der Waals surface area contributed by atoms with Gasteiger partial charge in [-0.3, -0.25) is 4.90 Å². The van der Waals surface area contributed by atoms with E-state index < -0.39 is 0 Å². The number of imidazole rings is 1. The summed E-state index contributed by atoms with van der Waals surface area (Å²) < 4.78 is 4.15. The Kier molecular flexibility index (Phi) is 5.04.